The minimum absolute atomic E-state index is 0.268. The van der Waals surface area contributed by atoms with Crippen LogP contribution in [-0.2, 0) is 4.43 Å². The fourth-order valence-corrected chi connectivity index (χ4v) is 1.66. The van der Waals surface area contributed by atoms with Crippen molar-refractivity contribution in [1.29, 1.82) is 0 Å². The summed E-state index contributed by atoms with van der Waals surface area (Å²) in [6.45, 7) is 13.3. The fourth-order valence-electron chi connectivity index (χ4n) is 1.35. The van der Waals surface area contributed by atoms with Crippen molar-refractivity contribution >= 4 is 9.04 Å². The van der Waals surface area contributed by atoms with Crippen molar-refractivity contribution in [3.63, 3.8) is 0 Å². The number of rotatable bonds is 4. The molecule has 0 bridgehead atoms. The van der Waals surface area contributed by atoms with Crippen LogP contribution in [0.5, 0.6) is 0 Å². The van der Waals surface area contributed by atoms with Gasteiger partial charge in [-0.3, -0.25) is 0 Å². The second kappa shape index (κ2) is 6.95. The summed E-state index contributed by atoms with van der Waals surface area (Å²) < 4.78 is 5.43. The molecule has 0 aliphatic rings. The first-order valence-corrected chi connectivity index (χ1v) is 8.82. The lowest BCUT2D eigenvalue weighted by atomic mass is 9.78. The van der Waals surface area contributed by atoms with Crippen LogP contribution in [0.25, 0.3) is 0 Å². The average Bonchev–Trinajstić information content (AvgIpc) is 2.08. The van der Waals surface area contributed by atoms with Gasteiger partial charge in [-0.2, -0.15) is 0 Å². The summed E-state index contributed by atoms with van der Waals surface area (Å²) in [5.74, 6) is 3.75. The molecule has 0 aromatic heterocycles. The van der Waals surface area contributed by atoms with E-state index in [4.69, 9.17) is 4.43 Å². The number of hydrogen-bond acceptors (Lipinski definition) is 1. The summed E-state index contributed by atoms with van der Waals surface area (Å²) in [4.78, 5) is 0. The van der Waals surface area contributed by atoms with E-state index in [1.807, 2.05) is 0 Å². The smallest absolute Gasteiger partial charge is 0.244 e. The minimum atomic E-state index is -0.984. The van der Waals surface area contributed by atoms with Crippen molar-refractivity contribution in [1.82, 2.24) is 0 Å². The molecular weight excluding hydrogens is 200 g/mol. The monoisotopic (exact) mass is 226 g/mol. The van der Waals surface area contributed by atoms with Crippen LogP contribution in [0, 0.1) is 23.4 Å². The summed E-state index contributed by atoms with van der Waals surface area (Å²) in [5.41, 5.74) is 0.268. The molecule has 0 N–H and O–H groups in total. The van der Waals surface area contributed by atoms with Crippen molar-refractivity contribution in [2.24, 2.45) is 11.3 Å². The molecule has 0 fully saturated rings. The average molecular weight is 226 g/mol. The van der Waals surface area contributed by atoms with E-state index >= 15 is 0 Å². The quantitative estimate of drug-likeness (QED) is 0.523. The molecule has 1 atom stereocenters. The first-order chi connectivity index (χ1) is 6.88. The second-order valence-electron chi connectivity index (χ2n) is 5.47. The van der Waals surface area contributed by atoms with Gasteiger partial charge >= 0.3 is 0 Å². The van der Waals surface area contributed by atoms with Crippen molar-refractivity contribution in [2.45, 2.75) is 60.1 Å². The Balaban J connectivity index is 4.28. The summed E-state index contributed by atoms with van der Waals surface area (Å²) in [6.07, 6.45) is 6.61. The lowest BCUT2D eigenvalue weighted by molar-refractivity contribution is 0.281. The Labute approximate surface area is 97.3 Å². The largest absolute Gasteiger partial charge is 0.505 e. The highest BCUT2D eigenvalue weighted by Gasteiger charge is 2.22. The van der Waals surface area contributed by atoms with Crippen LogP contribution < -0.4 is 0 Å². The molecule has 0 saturated carbocycles. The lowest BCUT2D eigenvalue weighted by Crippen LogP contribution is -2.19. The Kier molecular flexibility index (Phi) is 6.76. The number of unbranched alkanes of at least 4 members (excludes halogenated alkanes) is 1. The summed E-state index contributed by atoms with van der Waals surface area (Å²) in [6, 6.07) is 0. The van der Waals surface area contributed by atoms with Crippen LogP contribution in [0.1, 0.15) is 47.0 Å². The number of hydrogen-bond donors (Lipinski definition) is 0. The third-order valence-corrected chi connectivity index (χ3v) is 3.01. The summed E-state index contributed by atoms with van der Waals surface area (Å²) in [5, 5.41) is 0. The summed E-state index contributed by atoms with van der Waals surface area (Å²) in [7, 11) is -0.984. The zero-order valence-corrected chi connectivity index (χ0v) is 12.3. The van der Waals surface area contributed by atoms with Gasteiger partial charge in [0.1, 0.15) is 0 Å². The van der Waals surface area contributed by atoms with Crippen LogP contribution in [0.4, 0.5) is 0 Å². The van der Waals surface area contributed by atoms with E-state index in [1.165, 1.54) is 19.3 Å². The van der Waals surface area contributed by atoms with Gasteiger partial charge in [-0.1, -0.05) is 46.5 Å². The predicted octanol–water partition coefficient (Wildman–Crippen LogP) is 3.80. The Morgan fingerprint density at radius 2 is 1.87 bits per heavy atom. The van der Waals surface area contributed by atoms with Gasteiger partial charge in [-0.15, -0.1) is 0 Å². The molecule has 0 aromatic rings. The standard InChI is InChI=1S/C13H26OSi/c1-7-8-9-12(13(2,3)4)10-11-14-15(5)6/h12,15H,7-9H2,1-6H3/t12-/m1/s1. The van der Waals surface area contributed by atoms with Gasteiger partial charge in [0.05, 0.1) is 6.11 Å². The minimum Gasteiger partial charge on any atom is -0.505 e. The molecule has 1 nitrogen and oxygen atoms in total. The highest BCUT2D eigenvalue weighted by atomic mass is 28.3. The van der Waals surface area contributed by atoms with Crippen LogP contribution in [-0.4, -0.2) is 9.04 Å². The first kappa shape index (κ1) is 14.6. The second-order valence-corrected chi connectivity index (χ2v) is 7.81. The SMILES string of the molecule is CCCC[C@H](C#CO[SiH](C)C)C(C)(C)C. The molecule has 0 aliphatic carbocycles. The maximum Gasteiger partial charge on any atom is 0.244 e. The van der Waals surface area contributed by atoms with E-state index in [-0.39, 0.29) is 5.41 Å². The molecule has 0 saturated heterocycles. The topological polar surface area (TPSA) is 9.23 Å². The molecule has 0 heterocycles. The Morgan fingerprint density at radius 3 is 2.27 bits per heavy atom. The van der Waals surface area contributed by atoms with E-state index in [0.717, 1.165) is 0 Å². The van der Waals surface area contributed by atoms with Gasteiger partial charge in [0, 0.05) is 5.92 Å². The van der Waals surface area contributed by atoms with Gasteiger partial charge in [-0.05, 0) is 24.9 Å². The zero-order valence-electron chi connectivity index (χ0n) is 11.2. The lowest BCUT2D eigenvalue weighted by Gasteiger charge is -2.25. The van der Waals surface area contributed by atoms with E-state index in [0.29, 0.717) is 5.92 Å². The molecule has 0 spiro atoms. The van der Waals surface area contributed by atoms with E-state index in [1.54, 1.807) is 0 Å². The van der Waals surface area contributed by atoms with Gasteiger partial charge in [0.25, 0.3) is 0 Å². The summed E-state index contributed by atoms with van der Waals surface area (Å²) >= 11 is 0. The predicted molar refractivity (Wildman–Crippen MR) is 70.2 cm³/mol. The molecule has 15 heavy (non-hydrogen) atoms. The molecule has 0 radical (unpaired) electrons. The normalized spacial score (nSPS) is 13.3. The van der Waals surface area contributed by atoms with E-state index in [9.17, 15) is 0 Å². The highest BCUT2D eigenvalue weighted by molar-refractivity contribution is 6.48. The molecule has 0 aliphatic heterocycles. The van der Waals surface area contributed by atoms with Gasteiger partial charge in [0.15, 0.2) is 0 Å². The van der Waals surface area contributed by atoms with Crippen molar-refractivity contribution in [3.8, 4) is 12.0 Å². The highest BCUT2D eigenvalue weighted by Crippen LogP contribution is 2.29. The molecule has 0 aromatic carbocycles. The van der Waals surface area contributed by atoms with Gasteiger partial charge in [0.2, 0.25) is 9.04 Å². The molecule has 88 valence electrons. The van der Waals surface area contributed by atoms with Crippen LogP contribution in [0.2, 0.25) is 13.1 Å². The third-order valence-electron chi connectivity index (χ3n) is 2.42. The van der Waals surface area contributed by atoms with E-state index in [2.05, 4.69) is 52.8 Å². The Bertz CT molecular complexity index is 217. The first-order valence-electron chi connectivity index (χ1n) is 6.04. The molecule has 0 unspecified atom stereocenters. The zero-order chi connectivity index (χ0) is 11.9. The molecular formula is C13H26OSi. The van der Waals surface area contributed by atoms with Gasteiger partial charge in [-0.25, -0.2) is 0 Å². The van der Waals surface area contributed by atoms with Gasteiger partial charge < -0.3 is 4.43 Å². The van der Waals surface area contributed by atoms with Crippen LogP contribution in [0.3, 0.4) is 0 Å². The maximum atomic E-state index is 5.43. The Hall–Kier alpha value is -0.423. The van der Waals surface area contributed by atoms with E-state index < -0.39 is 9.04 Å². The fraction of sp³-hybridized carbons (Fsp3) is 0.846. The molecule has 2 heteroatoms. The van der Waals surface area contributed by atoms with Crippen molar-refractivity contribution in [2.75, 3.05) is 0 Å². The maximum absolute atomic E-state index is 5.43. The third kappa shape index (κ3) is 7.50. The van der Waals surface area contributed by atoms with Crippen LogP contribution in [0.15, 0.2) is 0 Å². The molecule has 0 amide bonds. The van der Waals surface area contributed by atoms with Crippen molar-refractivity contribution < 1.29 is 4.43 Å². The molecule has 0 rings (SSSR count). The van der Waals surface area contributed by atoms with Crippen LogP contribution >= 0.6 is 0 Å². The van der Waals surface area contributed by atoms with Crippen molar-refractivity contribution in [3.05, 3.63) is 0 Å². The Morgan fingerprint density at radius 1 is 1.27 bits per heavy atom.